The SMILES string of the molecule is N[C@](CCCCB(O)O)(C(=O)O)C1CC(NC[C@H]2Cc3ccccc3CN2)C1. The van der Waals surface area contributed by atoms with Gasteiger partial charge in [0, 0.05) is 25.2 Å². The van der Waals surface area contributed by atoms with Crippen LogP contribution in [0.3, 0.4) is 0 Å². The molecule has 2 aliphatic rings. The smallest absolute Gasteiger partial charge is 0.451 e. The Morgan fingerprint density at radius 1 is 1.25 bits per heavy atom. The van der Waals surface area contributed by atoms with E-state index in [1.54, 1.807) is 0 Å². The predicted molar refractivity (Wildman–Crippen MR) is 109 cm³/mol. The molecule has 1 aliphatic carbocycles. The zero-order valence-electron chi connectivity index (χ0n) is 16.3. The number of nitrogens with one attached hydrogen (secondary N) is 2. The highest BCUT2D eigenvalue weighted by atomic mass is 16.4. The van der Waals surface area contributed by atoms with Gasteiger partial charge in [-0.05, 0) is 49.0 Å². The van der Waals surface area contributed by atoms with Gasteiger partial charge in [-0.15, -0.1) is 0 Å². The largest absolute Gasteiger partial charge is 0.480 e. The topological polar surface area (TPSA) is 128 Å². The molecule has 7 N–H and O–H groups in total. The van der Waals surface area contributed by atoms with Gasteiger partial charge >= 0.3 is 13.1 Å². The highest BCUT2D eigenvalue weighted by Crippen LogP contribution is 2.38. The maximum Gasteiger partial charge on any atom is 0.451 e. The summed E-state index contributed by atoms with van der Waals surface area (Å²) >= 11 is 0. The first-order valence-electron chi connectivity index (χ1n) is 10.3. The number of aliphatic carboxylic acids is 1. The van der Waals surface area contributed by atoms with Gasteiger partial charge in [-0.25, -0.2) is 0 Å². The van der Waals surface area contributed by atoms with Crippen LogP contribution < -0.4 is 16.4 Å². The average molecular weight is 389 g/mol. The Labute approximate surface area is 166 Å². The Balaban J connectivity index is 1.41. The predicted octanol–water partition coefficient (Wildman–Crippen LogP) is 0.494. The van der Waals surface area contributed by atoms with E-state index in [1.165, 1.54) is 11.1 Å². The van der Waals surface area contributed by atoms with E-state index in [2.05, 4.69) is 34.9 Å². The van der Waals surface area contributed by atoms with Crippen molar-refractivity contribution in [1.82, 2.24) is 10.6 Å². The van der Waals surface area contributed by atoms with Crippen molar-refractivity contribution in [3.8, 4) is 0 Å². The van der Waals surface area contributed by atoms with E-state index in [0.717, 1.165) is 32.4 Å². The van der Waals surface area contributed by atoms with Gasteiger partial charge in [0.15, 0.2) is 0 Å². The summed E-state index contributed by atoms with van der Waals surface area (Å²) in [5.41, 5.74) is 7.80. The molecule has 1 aliphatic heterocycles. The summed E-state index contributed by atoms with van der Waals surface area (Å²) in [5, 5.41) is 34.6. The summed E-state index contributed by atoms with van der Waals surface area (Å²) in [7, 11) is -1.34. The Hall–Kier alpha value is -1.45. The van der Waals surface area contributed by atoms with Crippen LogP contribution in [0.25, 0.3) is 0 Å². The minimum Gasteiger partial charge on any atom is -0.480 e. The summed E-state index contributed by atoms with van der Waals surface area (Å²) in [6, 6.07) is 9.21. The fraction of sp³-hybridized carbons (Fsp3) is 0.650. The molecule has 1 saturated carbocycles. The zero-order chi connectivity index (χ0) is 20.1. The van der Waals surface area contributed by atoms with Crippen LogP contribution in [0.4, 0.5) is 0 Å². The molecule has 2 atom stereocenters. The van der Waals surface area contributed by atoms with E-state index in [0.29, 0.717) is 31.3 Å². The summed E-state index contributed by atoms with van der Waals surface area (Å²) < 4.78 is 0. The van der Waals surface area contributed by atoms with Crippen LogP contribution in [0.1, 0.15) is 43.2 Å². The molecule has 28 heavy (non-hydrogen) atoms. The monoisotopic (exact) mass is 389 g/mol. The Bertz CT molecular complexity index is 669. The third-order valence-electron chi connectivity index (χ3n) is 6.39. The molecule has 154 valence electrons. The number of hydrogen-bond acceptors (Lipinski definition) is 6. The van der Waals surface area contributed by atoms with Crippen LogP contribution in [0.15, 0.2) is 24.3 Å². The molecule has 0 radical (unpaired) electrons. The van der Waals surface area contributed by atoms with E-state index >= 15 is 0 Å². The third kappa shape index (κ3) is 5.13. The fourth-order valence-corrected chi connectivity index (χ4v) is 4.41. The molecule has 1 aromatic rings. The molecule has 1 heterocycles. The van der Waals surface area contributed by atoms with Crippen LogP contribution in [-0.4, -0.2) is 52.4 Å². The van der Waals surface area contributed by atoms with Crippen molar-refractivity contribution in [2.24, 2.45) is 11.7 Å². The second-order valence-electron chi connectivity index (χ2n) is 8.40. The van der Waals surface area contributed by atoms with E-state index in [1.807, 2.05) is 0 Å². The Morgan fingerprint density at radius 2 is 1.96 bits per heavy atom. The van der Waals surface area contributed by atoms with Gasteiger partial charge in [0.05, 0.1) is 0 Å². The van der Waals surface area contributed by atoms with Crippen molar-refractivity contribution in [2.75, 3.05) is 6.54 Å². The molecule has 0 amide bonds. The van der Waals surface area contributed by atoms with Crippen molar-refractivity contribution >= 4 is 13.1 Å². The van der Waals surface area contributed by atoms with Crippen molar-refractivity contribution in [3.63, 3.8) is 0 Å². The minimum absolute atomic E-state index is 0.0402. The lowest BCUT2D eigenvalue weighted by atomic mass is 9.66. The normalized spacial score (nSPS) is 26.0. The number of rotatable bonds is 10. The lowest BCUT2D eigenvalue weighted by Crippen LogP contribution is -2.61. The highest BCUT2D eigenvalue weighted by Gasteiger charge is 2.48. The van der Waals surface area contributed by atoms with E-state index in [9.17, 15) is 9.90 Å². The maximum absolute atomic E-state index is 11.8. The Kier molecular flexibility index (Phi) is 7.12. The molecule has 7 nitrogen and oxygen atoms in total. The van der Waals surface area contributed by atoms with Crippen molar-refractivity contribution < 1.29 is 19.9 Å². The van der Waals surface area contributed by atoms with Gasteiger partial charge in [0.25, 0.3) is 0 Å². The number of carbonyl (C=O) groups is 1. The molecule has 0 aromatic heterocycles. The Morgan fingerprint density at radius 3 is 2.64 bits per heavy atom. The standard InChI is InChI=1S/C20H32BN3O4/c22-20(19(25)26,7-3-4-8-21(27)28)16-10-17(11-16)24-13-18-9-14-5-1-2-6-15(14)12-23-18/h1-2,5-6,16-18,23-24,27-28H,3-4,7-13,22H2,(H,25,26)/t16?,17?,18-,20+/m1/s1. The van der Waals surface area contributed by atoms with E-state index in [-0.39, 0.29) is 12.2 Å². The van der Waals surface area contributed by atoms with Crippen LogP contribution in [-0.2, 0) is 17.8 Å². The first-order valence-corrected chi connectivity index (χ1v) is 10.3. The lowest BCUT2D eigenvalue weighted by molar-refractivity contribution is -0.148. The number of nitrogens with two attached hydrogens (primary N) is 1. The van der Waals surface area contributed by atoms with E-state index in [4.69, 9.17) is 15.8 Å². The first kappa shape index (κ1) is 21.3. The average Bonchev–Trinajstić information content (AvgIpc) is 2.63. The van der Waals surface area contributed by atoms with Gasteiger partial charge < -0.3 is 31.5 Å². The first-order chi connectivity index (χ1) is 13.4. The second kappa shape index (κ2) is 9.37. The minimum atomic E-state index is -1.34. The van der Waals surface area contributed by atoms with Crippen LogP contribution >= 0.6 is 0 Å². The van der Waals surface area contributed by atoms with Crippen molar-refractivity contribution in [1.29, 1.82) is 0 Å². The van der Waals surface area contributed by atoms with Crippen LogP contribution in [0, 0.1) is 5.92 Å². The van der Waals surface area contributed by atoms with Crippen LogP contribution in [0.2, 0.25) is 6.32 Å². The summed E-state index contributed by atoms with van der Waals surface area (Å²) in [4.78, 5) is 11.8. The number of fused-ring (bicyclic) bond motifs is 1. The summed E-state index contributed by atoms with van der Waals surface area (Å²) in [6.07, 6.45) is 4.32. The number of carboxylic acid groups (broad SMARTS) is 1. The number of unbranched alkanes of at least 4 members (excludes halogenated alkanes) is 1. The van der Waals surface area contributed by atoms with Gasteiger partial charge in [0.1, 0.15) is 5.54 Å². The van der Waals surface area contributed by atoms with Crippen molar-refractivity contribution in [2.45, 2.75) is 69.0 Å². The molecule has 0 spiro atoms. The molecule has 0 unspecified atom stereocenters. The lowest BCUT2D eigenvalue weighted by Gasteiger charge is -2.45. The van der Waals surface area contributed by atoms with Gasteiger partial charge in [-0.1, -0.05) is 37.1 Å². The number of hydrogen-bond donors (Lipinski definition) is 6. The maximum atomic E-state index is 11.8. The molecule has 3 rings (SSSR count). The van der Waals surface area contributed by atoms with Crippen LogP contribution in [0.5, 0.6) is 0 Å². The molecule has 8 heteroatoms. The van der Waals surface area contributed by atoms with Crippen molar-refractivity contribution in [3.05, 3.63) is 35.4 Å². The summed E-state index contributed by atoms with van der Waals surface area (Å²) in [5.74, 6) is -0.993. The molecule has 0 bridgehead atoms. The molecule has 0 saturated heterocycles. The highest BCUT2D eigenvalue weighted by molar-refractivity contribution is 6.40. The van der Waals surface area contributed by atoms with Gasteiger partial charge in [-0.2, -0.15) is 0 Å². The fourth-order valence-electron chi connectivity index (χ4n) is 4.41. The molecular weight excluding hydrogens is 357 g/mol. The quantitative estimate of drug-likeness (QED) is 0.254. The number of benzene rings is 1. The van der Waals surface area contributed by atoms with E-state index < -0.39 is 18.6 Å². The van der Waals surface area contributed by atoms with Gasteiger partial charge in [-0.3, -0.25) is 4.79 Å². The molecule has 1 aromatic carbocycles. The second-order valence-corrected chi connectivity index (χ2v) is 8.40. The number of carboxylic acids is 1. The zero-order valence-corrected chi connectivity index (χ0v) is 16.3. The van der Waals surface area contributed by atoms with Gasteiger partial charge in [0.2, 0.25) is 0 Å². The summed E-state index contributed by atoms with van der Waals surface area (Å²) in [6.45, 7) is 1.76. The third-order valence-corrected chi connectivity index (χ3v) is 6.39. The molecular formula is C20H32BN3O4. The molecule has 1 fully saturated rings.